The molecule has 6 nitrogen and oxygen atoms in total. The number of rotatable bonds is 2. The van der Waals surface area contributed by atoms with Crippen molar-refractivity contribution in [2.24, 2.45) is 0 Å². The maximum atomic E-state index is 10.5. The van der Waals surface area contributed by atoms with Gasteiger partial charge in [0.2, 0.25) is 0 Å². The smallest absolute Gasteiger partial charge is 0.338 e. The van der Waals surface area contributed by atoms with Gasteiger partial charge in [-0.05, 0) is 6.07 Å². The predicted molar refractivity (Wildman–Crippen MR) is 50.0 cm³/mol. The topological polar surface area (TPSA) is 88.9 Å². The Morgan fingerprint density at radius 3 is 2.40 bits per heavy atom. The Kier molecular flexibility index (Phi) is 2.32. The van der Waals surface area contributed by atoms with Crippen molar-refractivity contribution >= 4 is 5.97 Å². The van der Waals surface area contributed by atoms with Crippen molar-refractivity contribution in [3.63, 3.8) is 0 Å². The zero-order valence-corrected chi connectivity index (χ0v) is 7.53. The van der Waals surface area contributed by atoms with Crippen molar-refractivity contribution in [1.29, 1.82) is 0 Å². The average molecular weight is 202 g/mol. The van der Waals surface area contributed by atoms with E-state index in [0.29, 0.717) is 11.4 Å². The number of carboxylic acids is 1. The molecule has 0 bridgehead atoms. The highest BCUT2D eigenvalue weighted by Gasteiger charge is 2.05. The predicted octanol–water partition coefficient (Wildman–Crippen LogP) is 0.632. The van der Waals surface area contributed by atoms with Crippen molar-refractivity contribution in [2.45, 2.75) is 0 Å². The minimum Gasteiger partial charge on any atom is -0.478 e. The van der Waals surface area contributed by atoms with Gasteiger partial charge in [-0.25, -0.2) is 14.8 Å². The van der Waals surface area contributed by atoms with Crippen LogP contribution in [0.25, 0.3) is 11.4 Å². The first-order valence-electron chi connectivity index (χ1n) is 4.10. The van der Waals surface area contributed by atoms with Crippen LogP contribution in [0.1, 0.15) is 10.4 Å². The molecule has 0 aliphatic rings. The van der Waals surface area contributed by atoms with Gasteiger partial charge in [-0.2, -0.15) is 10.2 Å². The molecule has 0 amide bonds. The fraction of sp³-hybridized carbons (Fsp3) is 0. The Balaban J connectivity index is 2.36. The molecule has 0 aliphatic heterocycles. The standard InChI is InChI=1S/C9H6N4O2/c14-9(15)7-3-10-8(11-4-7)6-1-2-12-13-5-6/h1-5H,(H,14,15). The summed E-state index contributed by atoms with van der Waals surface area (Å²) < 4.78 is 0. The molecule has 0 aliphatic carbocycles. The molecule has 74 valence electrons. The van der Waals surface area contributed by atoms with Crippen LogP contribution in [0, 0.1) is 0 Å². The lowest BCUT2D eigenvalue weighted by molar-refractivity contribution is 0.0696. The summed E-state index contributed by atoms with van der Waals surface area (Å²) in [6.45, 7) is 0. The average Bonchev–Trinajstić information content (AvgIpc) is 2.30. The number of hydrogen-bond acceptors (Lipinski definition) is 5. The zero-order valence-electron chi connectivity index (χ0n) is 7.53. The Labute approximate surface area is 84.7 Å². The first kappa shape index (κ1) is 9.20. The van der Waals surface area contributed by atoms with Gasteiger partial charge in [0.25, 0.3) is 0 Å². The Morgan fingerprint density at radius 1 is 1.13 bits per heavy atom. The maximum Gasteiger partial charge on any atom is 0.338 e. The van der Waals surface area contributed by atoms with E-state index in [1.165, 1.54) is 24.8 Å². The summed E-state index contributed by atoms with van der Waals surface area (Å²) in [6, 6.07) is 1.70. The fourth-order valence-electron chi connectivity index (χ4n) is 1.01. The van der Waals surface area contributed by atoms with Crippen molar-refractivity contribution in [3.05, 3.63) is 36.4 Å². The van der Waals surface area contributed by atoms with E-state index in [1.54, 1.807) is 6.07 Å². The van der Waals surface area contributed by atoms with Gasteiger partial charge < -0.3 is 5.11 Å². The summed E-state index contributed by atoms with van der Waals surface area (Å²) in [5, 5.41) is 15.9. The summed E-state index contributed by atoms with van der Waals surface area (Å²) in [4.78, 5) is 18.4. The molecule has 0 spiro atoms. The third-order valence-electron chi connectivity index (χ3n) is 1.74. The molecular weight excluding hydrogens is 196 g/mol. The van der Waals surface area contributed by atoms with Crippen molar-refractivity contribution < 1.29 is 9.90 Å². The van der Waals surface area contributed by atoms with Crippen molar-refractivity contribution in [1.82, 2.24) is 20.2 Å². The SMILES string of the molecule is O=C(O)c1cnc(-c2ccnnc2)nc1. The van der Waals surface area contributed by atoms with Crippen LogP contribution in [0.3, 0.4) is 0 Å². The van der Waals surface area contributed by atoms with E-state index in [-0.39, 0.29) is 5.56 Å². The van der Waals surface area contributed by atoms with Crippen LogP contribution in [-0.4, -0.2) is 31.2 Å². The van der Waals surface area contributed by atoms with Crippen molar-refractivity contribution in [2.75, 3.05) is 0 Å². The number of carboxylic acid groups (broad SMARTS) is 1. The van der Waals surface area contributed by atoms with Crippen LogP contribution in [-0.2, 0) is 0 Å². The lowest BCUT2D eigenvalue weighted by Gasteiger charge is -1.98. The van der Waals surface area contributed by atoms with Crippen LogP contribution in [0.4, 0.5) is 0 Å². The highest BCUT2D eigenvalue weighted by molar-refractivity contribution is 5.86. The Morgan fingerprint density at radius 2 is 1.87 bits per heavy atom. The first-order valence-corrected chi connectivity index (χ1v) is 4.10. The molecule has 0 fully saturated rings. The maximum absolute atomic E-state index is 10.5. The van der Waals surface area contributed by atoms with Gasteiger partial charge in [-0.15, -0.1) is 0 Å². The lowest BCUT2D eigenvalue weighted by Crippen LogP contribution is -1.99. The number of aromatic nitrogens is 4. The lowest BCUT2D eigenvalue weighted by atomic mass is 10.3. The van der Waals surface area contributed by atoms with Crippen LogP contribution in [0.15, 0.2) is 30.9 Å². The van der Waals surface area contributed by atoms with E-state index in [4.69, 9.17) is 5.11 Å². The van der Waals surface area contributed by atoms with E-state index >= 15 is 0 Å². The fourth-order valence-corrected chi connectivity index (χ4v) is 1.01. The molecule has 2 rings (SSSR count). The third-order valence-corrected chi connectivity index (χ3v) is 1.74. The molecule has 0 unspecified atom stereocenters. The molecule has 0 atom stereocenters. The molecule has 1 N–H and O–H groups in total. The normalized spacial score (nSPS) is 9.87. The van der Waals surface area contributed by atoms with Crippen LogP contribution >= 0.6 is 0 Å². The number of nitrogens with zero attached hydrogens (tertiary/aromatic N) is 4. The quantitative estimate of drug-likeness (QED) is 0.768. The summed E-state index contributed by atoms with van der Waals surface area (Å²) in [5.41, 5.74) is 0.753. The van der Waals surface area contributed by atoms with Gasteiger partial charge in [0.15, 0.2) is 5.82 Å². The molecule has 15 heavy (non-hydrogen) atoms. The van der Waals surface area contributed by atoms with Gasteiger partial charge in [-0.3, -0.25) is 0 Å². The third kappa shape index (κ3) is 1.93. The number of hydrogen-bond donors (Lipinski definition) is 1. The van der Waals surface area contributed by atoms with E-state index in [2.05, 4.69) is 20.2 Å². The summed E-state index contributed by atoms with van der Waals surface area (Å²) >= 11 is 0. The second kappa shape index (κ2) is 3.79. The molecule has 6 heteroatoms. The molecule has 2 aromatic rings. The molecule has 2 heterocycles. The second-order valence-electron chi connectivity index (χ2n) is 2.73. The Hall–Kier alpha value is -2.37. The zero-order chi connectivity index (χ0) is 10.7. The summed E-state index contributed by atoms with van der Waals surface area (Å²) in [7, 11) is 0. The molecule has 0 saturated carbocycles. The molecule has 0 radical (unpaired) electrons. The van der Waals surface area contributed by atoms with Crippen molar-refractivity contribution in [3.8, 4) is 11.4 Å². The Bertz CT molecular complexity index is 469. The van der Waals surface area contributed by atoms with Gasteiger partial charge in [0.1, 0.15) is 0 Å². The van der Waals surface area contributed by atoms with E-state index in [0.717, 1.165) is 0 Å². The van der Waals surface area contributed by atoms with E-state index < -0.39 is 5.97 Å². The largest absolute Gasteiger partial charge is 0.478 e. The van der Waals surface area contributed by atoms with Crippen LogP contribution < -0.4 is 0 Å². The molecule has 0 saturated heterocycles. The molecule has 0 aromatic carbocycles. The number of carbonyl (C=O) groups is 1. The van der Waals surface area contributed by atoms with Gasteiger partial charge >= 0.3 is 5.97 Å². The highest BCUT2D eigenvalue weighted by Crippen LogP contribution is 2.10. The minimum absolute atomic E-state index is 0.0563. The van der Waals surface area contributed by atoms with Gasteiger partial charge in [-0.1, -0.05) is 0 Å². The van der Waals surface area contributed by atoms with E-state index in [1.807, 2.05) is 0 Å². The minimum atomic E-state index is -1.05. The molecule has 2 aromatic heterocycles. The van der Waals surface area contributed by atoms with Gasteiger partial charge in [0, 0.05) is 18.0 Å². The summed E-state index contributed by atoms with van der Waals surface area (Å²) in [5.74, 6) is -0.621. The number of aromatic carboxylic acids is 1. The van der Waals surface area contributed by atoms with Crippen LogP contribution in [0.2, 0.25) is 0 Å². The van der Waals surface area contributed by atoms with E-state index in [9.17, 15) is 4.79 Å². The summed E-state index contributed by atoms with van der Waals surface area (Å²) in [6.07, 6.45) is 5.54. The highest BCUT2D eigenvalue weighted by atomic mass is 16.4. The first-order chi connectivity index (χ1) is 7.27. The van der Waals surface area contributed by atoms with Gasteiger partial charge in [0.05, 0.1) is 18.0 Å². The van der Waals surface area contributed by atoms with Crippen LogP contribution in [0.5, 0.6) is 0 Å². The molecular formula is C9H6N4O2. The monoisotopic (exact) mass is 202 g/mol. The second-order valence-corrected chi connectivity index (χ2v) is 2.73.